The Hall–Kier alpha value is -1.59. The minimum absolute atomic E-state index is 0.133. The van der Waals surface area contributed by atoms with E-state index in [1.165, 1.54) is 12.8 Å². The fourth-order valence-corrected chi connectivity index (χ4v) is 4.75. The van der Waals surface area contributed by atoms with E-state index in [4.69, 9.17) is 0 Å². The van der Waals surface area contributed by atoms with Crippen molar-refractivity contribution in [3.63, 3.8) is 0 Å². The minimum atomic E-state index is -3.15. The molecule has 0 aliphatic carbocycles. The average molecular weight is 375 g/mol. The van der Waals surface area contributed by atoms with E-state index in [2.05, 4.69) is 42.4 Å². The average Bonchev–Trinajstić information content (AvgIpc) is 2.68. The molecule has 1 unspecified atom stereocenters. The van der Waals surface area contributed by atoms with Gasteiger partial charge in [-0.2, -0.15) is 0 Å². The molecule has 2 heterocycles. The van der Waals surface area contributed by atoms with Crippen molar-refractivity contribution in [1.82, 2.24) is 10.2 Å². The summed E-state index contributed by atoms with van der Waals surface area (Å²) in [7, 11) is -3.15. The van der Waals surface area contributed by atoms with Crippen molar-refractivity contribution in [2.75, 3.05) is 18.8 Å². The van der Waals surface area contributed by atoms with E-state index in [1.54, 1.807) is 19.1 Å². The predicted octanol–water partition coefficient (Wildman–Crippen LogP) is 3.47. The van der Waals surface area contributed by atoms with Crippen LogP contribution in [0.3, 0.4) is 0 Å². The molecule has 0 bridgehead atoms. The second-order valence-corrected chi connectivity index (χ2v) is 9.77. The van der Waals surface area contributed by atoms with Gasteiger partial charge in [0.1, 0.15) is 0 Å². The summed E-state index contributed by atoms with van der Waals surface area (Å²) >= 11 is 0. The molecule has 4 nitrogen and oxygen atoms in total. The highest BCUT2D eigenvalue weighted by atomic mass is 32.2. The highest BCUT2D eigenvalue weighted by Gasteiger charge is 2.29. The molecule has 3 rings (SSSR count). The highest BCUT2D eigenvalue weighted by molar-refractivity contribution is 7.91. The molecule has 1 fully saturated rings. The van der Waals surface area contributed by atoms with E-state index in [9.17, 15) is 8.42 Å². The molecule has 0 amide bonds. The van der Waals surface area contributed by atoms with Gasteiger partial charge in [0, 0.05) is 12.2 Å². The number of piperidine rings is 1. The van der Waals surface area contributed by atoms with Gasteiger partial charge in [-0.05, 0) is 69.0 Å². The zero-order valence-electron chi connectivity index (χ0n) is 16.0. The summed E-state index contributed by atoms with van der Waals surface area (Å²) in [6.07, 6.45) is 9.22. The summed E-state index contributed by atoms with van der Waals surface area (Å²) in [6, 6.07) is 8.16. The summed E-state index contributed by atoms with van der Waals surface area (Å²) in [4.78, 5) is 2.86. The molecular weight excluding hydrogens is 344 g/mol. The summed E-state index contributed by atoms with van der Waals surface area (Å²) in [5, 5.41) is 3.45. The summed E-state index contributed by atoms with van der Waals surface area (Å²) in [5.41, 5.74) is 2.20. The third kappa shape index (κ3) is 4.04. The lowest BCUT2D eigenvalue weighted by Gasteiger charge is -2.41. The SMILES string of the molecule is CCS(=O)(=O)c1ccc(C2=CN(C(C)C)C(C3CCNCC3)C=C2)cc1. The number of benzene rings is 1. The molecule has 1 aromatic carbocycles. The molecule has 142 valence electrons. The first kappa shape index (κ1) is 19.2. The standard InChI is InChI=1S/C21H30N2O2S/c1-4-26(24,25)20-8-5-17(6-9-20)19-7-10-21(23(15-19)16(2)3)18-11-13-22-14-12-18/h5-10,15-16,18,21-22H,4,11-14H2,1-3H3. The maximum absolute atomic E-state index is 12.0. The van der Waals surface area contributed by atoms with Crippen LogP contribution in [0.15, 0.2) is 47.5 Å². The Bertz CT molecular complexity index is 773. The highest BCUT2D eigenvalue weighted by Crippen LogP contribution is 2.31. The molecule has 1 saturated heterocycles. The fourth-order valence-electron chi connectivity index (χ4n) is 3.86. The number of rotatable bonds is 5. The molecule has 0 aromatic heterocycles. The van der Waals surface area contributed by atoms with Crippen LogP contribution in [0.2, 0.25) is 0 Å². The van der Waals surface area contributed by atoms with Crippen LogP contribution in [0.1, 0.15) is 39.2 Å². The van der Waals surface area contributed by atoms with E-state index in [0.29, 0.717) is 22.9 Å². The molecule has 1 atom stereocenters. The quantitative estimate of drug-likeness (QED) is 0.857. The Morgan fingerprint density at radius 3 is 2.38 bits per heavy atom. The van der Waals surface area contributed by atoms with Gasteiger partial charge in [-0.3, -0.25) is 0 Å². The number of sulfone groups is 1. The van der Waals surface area contributed by atoms with Crippen LogP contribution in [0, 0.1) is 5.92 Å². The number of allylic oxidation sites excluding steroid dienone is 2. The third-order valence-electron chi connectivity index (χ3n) is 5.50. The summed E-state index contributed by atoms with van der Waals surface area (Å²) in [6.45, 7) is 8.35. The third-order valence-corrected chi connectivity index (χ3v) is 7.25. The van der Waals surface area contributed by atoms with Crippen molar-refractivity contribution in [3.05, 3.63) is 48.2 Å². The van der Waals surface area contributed by atoms with Crippen LogP contribution >= 0.6 is 0 Å². The van der Waals surface area contributed by atoms with Crippen molar-refractivity contribution < 1.29 is 8.42 Å². The number of hydrogen-bond donors (Lipinski definition) is 1. The maximum Gasteiger partial charge on any atom is 0.178 e. The van der Waals surface area contributed by atoms with E-state index in [1.807, 2.05) is 12.1 Å². The van der Waals surface area contributed by atoms with E-state index < -0.39 is 9.84 Å². The van der Waals surface area contributed by atoms with Crippen molar-refractivity contribution in [3.8, 4) is 0 Å². The van der Waals surface area contributed by atoms with Crippen LogP contribution in [-0.2, 0) is 9.84 Å². The van der Waals surface area contributed by atoms with E-state index in [0.717, 1.165) is 24.2 Å². The van der Waals surface area contributed by atoms with Crippen LogP contribution in [0.5, 0.6) is 0 Å². The Balaban J connectivity index is 1.83. The van der Waals surface area contributed by atoms with Gasteiger partial charge in [0.05, 0.1) is 16.7 Å². The van der Waals surface area contributed by atoms with Gasteiger partial charge in [-0.25, -0.2) is 8.42 Å². The predicted molar refractivity (Wildman–Crippen MR) is 108 cm³/mol. The van der Waals surface area contributed by atoms with E-state index in [-0.39, 0.29) is 5.75 Å². The molecule has 0 radical (unpaired) electrons. The van der Waals surface area contributed by atoms with E-state index >= 15 is 0 Å². The van der Waals surface area contributed by atoms with Crippen molar-refractivity contribution in [2.45, 2.75) is 50.6 Å². The Kier molecular flexibility index (Phi) is 5.88. The van der Waals surface area contributed by atoms with Gasteiger partial charge in [-0.15, -0.1) is 0 Å². The number of nitrogens with one attached hydrogen (secondary N) is 1. The van der Waals surface area contributed by atoms with Crippen molar-refractivity contribution >= 4 is 15.4 Å². The summed E-state index contributed by atoms with van der Waals surface area (Å²) < 4.78 is 24.0. The zero-order chi connectivity index (χ0) is 18.7. The first-order valence-corrected chi connectivity index (χ1v) is 11.3. The minimum Gasteiger partial charge on any atom is -0.368 e. The van der Waals surface area contributed by atoms with Gasteiger partial charge in [0.15, 0.2) is 9.84 Å². The molecular formula is C21H30N2O2S. The molecule has 0 saturated carbocycles. The van der Waals surface area contributed by atoms with Crippen molar-refractivity contribution in [1.29, 1.82) is 0 Å². The lowest BCUT2D eigenvalue weighted by atomic mass is 9.86. The normalized spacial score (nSPS) is 21.9. The smallest absolute Gasteiger partial charge is 0.178 e. The number of nitrogens with zero attached hydrogens (tertiary/aromatic N) is 1. The molecule has 26 heavy (non-hydrogen) atoms. The maximum atomic E-state index is 12.0. The van der Waals surface area contributed by atoms with Gasteiger partial charge in [0.2, 0.25) is 0 Å². The van der Waals surface area contributed by atoms with Gasteiger partial charge in [-0.1, -0.05) is 31.2 Å². The Labute approximate surface area is 157 Å². The Morgan fingerprint density at radius 1 is 1.15 bits per heavy atom. The largest absolute Gasteiger partial charge is 0.368 e. The first-order chi connectivity index (χ1) is 12.4. The molecule has 1 aromatic rings. The first-order valence-electron chi connectivity index (χ1n) is 9.63. The molecule has 1 N–H and O–H groups in total. The van der Waals surface area contributed by atoms with Crippen LogP contribution < -0.4 is 5.32 Å². The van der Waals surface area contributed by atoms with Crippen LogP contribution in [-0.4, -0.2) is 44.2 Å². The molecule has 2 aliphatic heterocycles. The van der Waals surface area contributed by atoms with Gasteiger partial charge >= 0.3 is 0 Å². The zero-order valence-corrected chi connectivity index (χ0v) is 16.8. The molecule has 2 aliphatic rings. The topological polar surface area (TPSA) is 49.4 Å². The lowest BCUT2D eigenvalue weighted by Crippen LogP contribution is -2.45. The van der Waals surface area contributed by atoms with Crippen LogP contribution in [0.25, 0.3) is 5.57 Å². The van der Waals surface area contributed by atoms with Crippen LogP contribution in [0.4, 0.5) is 0 Å². The summed E-state index contributed by atoms with van der Waals surface area (Å²) in [5.74, 6) is 0.818. The fraction of sp³-hybridized carbons (Fsp3) is 0.524. The number of hydrogen-bond acceptors (Lipinski definition) is 4. The second kappa shape index (κ2) is 7.97. The van der Waals surface area contributed by atoms with Gasteiger partial charge in [0.25, 0.3) is 0 Å². The molecule has 5 heteroatoms. The monoisotopic (exact) mass is 374 g/mol. The molecule has 0 spiro atoms. The van der Waals surface area contributed by atoms with Crippen molar-refractivity contribution in [2.24, 2.45) is 5.92 Å². The lowest BCUT2D eigenvalue weighted by molar-refractivity contribution is 0.174. The second-order valence-electron chi connectivity index (χ2n) is 7.49. The van der Waals surface area contributed by atoms with Gasteiger partial charge < -0.3 is 10.2 Å². The Morgan fingerprint density at radius 2 is 1.81 bits per heavy atom.